The van der Waals surface area contributed by atoms with E-state index in [0.717, 1.165) is 5.56 Å². The van der Waals surface area contributed by atoms with Crippen molar-refractivity contribution in [1.29, 1.82) is 0 Å². The lowest BCUT2D eigenvalue weighted by molar-refractivity contribution is 0.398. The lowest BCUT2D eigenvalue weighted by Crippen LogP contribution is -2.31. The normalized spacial score (nSPS) is 14.0. The van der Waals surface area contributed by atoms with Gasteiger partial charge in [-0.25, -0.2) is 8.42 Å². The molecule has 1 aromatic rings. The predicted molar refractivity (Wildman–Crippen MR) is 66.7 cm³/mol. The molecule has 0 aromatic heterocycles. The van der Waals surface area contributed by atoms with Crippen LogP contribution in [0.2, 0.25) is 0 Å². The van der Waals surface area contributed by atoms with Crippen LogP contribution >= 0.6 is 0 Å². The molecule has 0 N–H and O–H groups in total. The van der Waals surface area contributed by atoms with Crippen LogP contribution in [0, 0.1) is 0 Å². The minimum Gasteiger partial charge on any atom is -0.212 e. The van der Waals surface area contributed by atoms with Gasteiger partial charge < -0.3 is 0 Å². The third-order valence-electron chi connectivity index (χ3n) is 2.73. The molecule has 0 fully saturated rings. The van der Waals surface area contributed by atoms with Gasteiger partial charge in [0.1, 0.15) is 0 Å². The molecule has 0 radical (unpaired) electrons. The average molecular weight is 241 g/mol. The number of hydrogen-bond acceptors (Lipinski definition) is 2. The van der Waals surface area contributed by atoms with E-state index in [9.17, 15) is 8.42 Å². The van der Waals surface area contributed by atoms with E-state index in [-0.39, 0.29) is 11.8 Å². The molecule has 0 aliphatic carbocycles. The van der Waals surface area contributed by atoms with Crippen molar-refractivity contribution in [3.63, 3.8) is 0 Å². The van der Waals surface area contributed by atoms with Gasteiger partial charge in [-0.3, -0.25) is 0 Å². The number of nitrogens with zero attached hydrogens (tertiary/aromatic N) is 1. The molecule has 0 amide bonds. The fourth-order valence-electron chi connectivity index (χ4n) is 1.58. The fraction of sp³-hybridized carbons (Fsp3) is 0.500. The van der Waals surface area contributed by atoms with Gasteiger partial charge in [0.2, 0.25) is 10.0 Å². The Bertz CT molecular complexity index is 414. The molecule has 1 atom stereocenters. The minimum absolute atomic E-state index is 0.113. The van der Waals surface area contributed by atoms with Crippen LogP contribution in [0.25, 0.3) is 0 Å². The molecule has 4 heteroatoms. The van der Waals surface area contributed by atoms with Crippen molar-refractivity contribution in [2.24, 2.45) is 0 Å². The molecule has 16 heavy (non-hydrogen) atoms. The van der Waals surface area contributed by atoms with Gasteiger partial charge in [-0.05, 0) is 18.9 Å². The van der Waals surface area contributed by atoms with E-state index in [4.69, 9.17) is 0 Å². The van der Waals surface area contributed by atoms with Gasteiger partial charge in [0.25, 0.3) is 0 Å². The van der Waals surface area contributed by atoms with Crippen molar-refractivity contribution in [2.45, 2.75) is 26.3 Å². The van der Waals surface area contributed by atoms with Crippen molar-refractivity contribution < 1.29 is 8.42 Å². The summed E-state index contributed by atoms with van der Waals surface area (Å²) in [6, 6.07) is 9.55. The van der Waals surface area contributed by atoms with E-state index in [0.29, 0.717) is 6.42 Å². The summed E-state index contributed by atoms with van der Waals surface area (Å²) in [6.45, 7) is 3.78. The number of sulfonamides is 1. The molecule has 0 saturated heterocycles. The maximum Gasteiger partial charge on any atom is 0.214 e. The Balaban J connectivity index is 2.87. The van der Waals surface area contributed by atoms with Crippen LogP contribution in [0.5, 0.6) is 0 Å². The van der Waals surface area contributed by atoms with Gasteiger partial charge in [-0.2, -0.15) is 4.31 Å². The maximum atomic E-state index is 11.9. The smallest absolute Gasteiger partial charge is 0.212 e. The maximum absolute atomic E-state index is 11.9. The molecule has 0 heterocycles. The first kappa shape index (κ1) is 13.2. The van der Waals surface area contributed by atoms with Crippen LogP contribution in [-0.2, 0) is 10.0 Å². The first-order valence-electron chi connectivity index (χ1n) is 5.49. The summed E-state index contributed by atoms with van der Waals surface area (Å²) in [5.74, 6) is 0.209. The lowest BCUT2D eigenvalue weighted by atomic mass is 10.1. The highest BCUT2D eigenvalue weighted by molar-refractivity contribution is 7.89. The zero-order valence-corrected chi connectivity index (χ0v) is 10.9. The molecule has 3 nitrogen and oxygen atoms in total. The molecule has 0 aliphatic rings. The predicted octanol–water partition coefficient (Wildman–Crippen LogP) is 2.42. The summed E-state index contributed by atoms with van der Waals surface area (Å²) in [4.78, 5) is 0. The summed E-state index contributed by atoms with van der Waals surface area (Å²) in [7, 11) is -1.48. The van der Waals surface area contributed by atoms with Crippen LogP contribution in [0.15, 0.2) is 30.3 Å². The SMILES string of the molecule is CCCS(=O)(=O)N(C)C(C)c1ccccc1. The Labute approximate surface area is 98.1 Å². The first-order valence-corrected chi connectivity index (χ1v) is 7.10. The molecule has 0 saturated carbocycles. The molecule has 0 bridgehead atoms. The van der Waals surface area contributed by atoms with Crippen molar-refractivity contribution in [1.82, 2.24) is 4.31 Å². The second-order valence-electron chi connectivity index (χ2n) is 3.92. The van der Waals surface area contributed by atoms with Crippen molar-refractivity contribution in [2.75, 3.05) is 12.8 Å². The highest BCUT2D eigenvalue weighted by Crippen LogP contribution is 2.21. The van der Waals surface area contributed by atoms with Crippen LogP contribution in [0.3, 0.4) is 0 Å². The molecule has 0 spiro atoms. The second-order valence-corrected chi connectivity index (χ2v) is 6.07. The Morgan fingerprint density at radius 3 is 2.31 bits per heavy atom. The summed E-state index contributed by atoms with van der Waals surface area (Å²) < 4.78 is 25.2. The Kier molecular flexibility index (Phi) is 4.50. The molecule has 0 aliphatic heterocycles. The zero-order chi connectivity index (χ0) is 12.2. The van der Waals surface area contributed by atoms with Gasteiger partial charge in [-0.15, -0.1) is 0 Å². The first-order chi connectivity index (χ1) is 7.49. The number of benzene rings is 1. The molecule has 1 rings (SSSR count). The third-order valence-corrected chi connectivity index (χ3v) is 4.85. The van der Waals surface area contributed by atoms with E-state index >= 15 is 0 Å². The van der Waals surface area contributed by atoms with E-state index < -0.39 is 10.0 Å². The zero-order valence-electron chi connectivity index (χ0n) is 10.1. The quantitative estimate of drug-likeness (QED) is 0.794. The van der Waals surface area contributed by atoms with Gasteiger partial charge in [0.15, 0.2) is 0 Å². The van der Waals surface area contributed by atoms with E-state index in [1.165, 1.54) is 4.31 Å². The number of rotatable bonds is 5. The van der Waals surface area contributed by atoms with E-state index in [2.05, 4.69) is 0 Å². The topological polar surface area (TPSA) is 37.4 Å². The van der Waals surface area contributed by atoms with Crippen LogP contribution < -0.4 is 0 Å². The van der Waals surface area contributed by atoms with Crippen LogP contribution in [0.1, 0.15) is 31.9 Å². The van der Waals surface area contributed by atoms with Gasteiger partial charge in [-0.1, -0.05) is 37.3 Å². The molecule has 1 unspecified atom stereocenters. The van der Waals surface area contributed by atoms with Crippen LogP contribution in [0.4, 0.5) is 0 Å². The summed E-state index contributed by atoms with van der Waals surface area (Å²) in [5.41, 5.74) is 1.02. The van der Waals surface area contributed by atoms with Crippen LogP contribution in [-0.4, -0.2) is 25.5 Å². The highest BCUT2D eigenvalue weighted by atomic mass is 32.2. The van der Waals surface area contributed by atoms with E-state index in [1.54, 1.807) is 7.05 Å². The average Bonchev–Trinajstić information content (AvgIpc) is 2.28. The largest absolute Gasteiger partial charge is 0.214 e. The molecule has 1 aromatic carbocycles. The fourth-order valence-corrected chi connectivity index (χ4v) is 2.99. The van der Waals surface area contributed by atoms with Crippen molar-refractivity contribution in [3.8, 4) is 0 Å². The monoisotopic (exact) mass is 241 g/mol. The second kappa shape index (κ2) is 5.46. The minimum atomic E-state index is -3.12. The van der Waals surface area contributed by atoms with Gasteiger partial charge in [0.05, 0.1) is 5.75 Å². The van der Waals surface area contributed by atoms with E-state index in [1.807, 2.05) is 44.2 Å². The van der Waals surface area contributed by atoms with Crippen molar-refractivity contribution >= 4 is 10.0 Å². The lowest BCUT2D eigenvalue weighted by Gasteiger charge is -2.24. The standard InChI is InChI=1S/C12H19NO2S/c1-4-10-16(14,15)13(3)11(2)12-8-6-5-7-9-12/h5-9,11H,4,10H2,1-3H3. The van der Waals surface area contributed by atoms with Crippen molar-refractivity contribution in [3.05, 3.63) is 35.9 Å². The third kappa shape index (κ3) is 3.06. The highest BCUT2D eigenvalue weighted by Gasteiger charge is 2.22. The summed E-state index contributed by atoms with van der Waals surface area (Å²) in [5, 5.41) is 0. The van der Waals surface area contributed by atoms with Gasteiger partial charge >= 0.3 is 0 Å². The molecule has 90 valence electrons. The Morgan fingerprint density at radius 2 is 1.81 bits per heavy atom. The van der Waals surface area contributed by atoms with Gasteiger partial charge in [0, 0.05) is 13.1 Å². The molecular weight excluding hydrogens is 222 g/mol. The number of hydrogen-bond donors (Lipinski definition) is 0. The summed E-state index contributed by atoms with van der Waals surface area (Å²) >= 11 is 0. The Hall–Kier alpha value is -0.870. The Morgan fingerprint density at radius 1 is 1.25 bits per heavy atom. The summed E-state index contributed by atoms with van der Waals surface area (Å²) in [6.07, 6.45) is 0.647. The molecular formula is C12H19NO2S.